The first-order valence-electron chi connectivity index (χ1n) is 7.30. The number of aliphatic hydroxyl groups is 1. The molecule has 0 aromatic heterocycles. The van der Waals surface area contributed by atoms with E-state index in [-0.39, 0.29) is 13.2 Å². The van der Waals surface area contributed by atoms with Crippen molar-refractivity contribution >= 4 is 6.09 Å². The average Bonchev–Trinajstić information content (AvgIpc) is 3.17. The van der Waals surface area contributed by atoms with E-state index >= 15 is 0 Å². The molecule has 0 heterocycles. The van der Waals surface area contributed by atoms with Gasteiger partial charge in [-0.2, -0.15) is 0 Å². The molecule has 1 aliphatic carbocycles. The van der Waals surface area contributed by atoms with Crippen molar-refractivity contribution in [3.63, 3.8) is 0 Å². The third-order valence-corrected chi connectivity index (χ3v) is 3.98. The zero-order chi connectivity index (χ0) is 14.4. The van der Waals surface area contributed by atoms with E-state index < -0.39 is 11.6 Å². The Hall–Kier alpha value is -1.55. The first kappa shape index (κ1) is 14.9. The van der Waals surface area contributed by atoms with Gasteiger partial charge in [-0.25, -0.2) is 4.79 Å². The van der Waals surface area contributed by atoms with E-state index in [2.05, 4.69) is 12.2 Å². The summed E-state index contributed by atoms with van der Waals surface area (Å²) >= 11 is 0. The number of unbranched alkanes of at least 4 members (excludes halogenated alkanes) is 1. The number of benzene rings is 1. The minimum Gasteiger partial charge on any atom is -0.445 e. The van der Waals surface area contributed by atoms with Crippen molar-refractivity contribution in [1.82, 2.24) is 5.32 Å². The number of ether oxygens (including phenoxy) is 1. The van der Waals surface area contributed by atoms with Crippen LogP contribution in [-0.2, 0) is 11.3 Å². The van der Waals surface area contributed by atoms with Crippen LogP contribution in [0.15, 0.2) is 30.3 Å². The lowest BCUT2D eigenvalue weighted by Crippen LogP contribution is -2.41. The molecule has 0 spiro atoms. The zero-order valence-corrected chi connectivity index (χ0v) is 12.0. The molecule has 20 heavy (non-hydrogen) atoms. The maximum atomic E-state index is 11.8. The third-order valence-electron chi connectivity index (χ3n) is 3.98. The second kappa shape index (κ2) is 6.75. The first-order valence-corrected chi connectivity index (χ1v) is 7.30. The maximum absolute atomic E-state index is 11.8. The van der Waals surface area contributed by atoms with Gasteiger partial charge in [0.25, 0.3) is 0 Å². The molecule has 4 heteroatoms. The molecule has 2 N–H and O–H groups in total. The van der Waals surface area contributed by atoms with Crippen molar-refractivity contribution in [3.05, 3.63) is 35.9 Å². The molecule has 0 unspecified atom stereocenters. The topological polar surface area (TPSA) is 58.6 Å². The van der Waals surface area contributed by atoms with Crippen molar-refractivity contribution in [2.24, 2.45) is 5.92 Å². The predicted molar refractivity (Wildman–Crippen MR) is 77.2 cm³/mol. The van der Waals surface area contributed by atoms with E-state index in [9.17, 15) is 9.90 Å². The van der Waals surface area contributed by atoms with Crippen molar-refractivity contribution in [3.8, 4) is 0 Å². The van der Waals surface area contributed by atoms with Crippen molar-refractivity contribution in [1.29, 1.82) is 0 Å². The lowest BCUT2D eigenvalue weighted by Gasteiger charge is -2.16. The van der Waals surface area contributed by atoms with Crippen LogP contribution >= 0.6 is 0 Å². The van der Waals surface area contributed by atoms with E-state index in [4.69, 9.17) is 4.74 Å². The summed E-state index contributed by atoms with van der Waals surface area (Å²) in [5.41, 5.74) is 0.516. The van der Waals surface area contributed by atoms with Gasteiger partial charge in [-0.05, 0) is 24.3 Å². The van der Waals surface area contributed by atoms with E-state index in [0.717, 1.165) is 31.2 Å². The lowest BCUT2D eigenvalue weighted by atomic mass is 10.1. The summed E-state index contributed by atoms with van der Waals surface area (Å²) in [6.45, 7) is 2.39. The average molecular weight is 277 g/mol. The number of amides is 1. The molecule has 1 aromatic carbocycles. The second-order valence-corrected chi connectivity index (χ2v) is 5.54. The summed E-state index contributed by atoms with van der Waals surface area (Å²) in [6.07, 6.45) is 3.73. The smallest absolute Gasteiger partial charge is 0.407 e. The van der Waals surface area contributed by atoms with Gasteiger partial charge in [0, 0.05) is 0 Å². The van der Waals surface area contributed by atoms with Gasteiger partial charge in [-0.15, -0.1) is 0 Å². The Morgan fingerprint density at radius 2 is 2.20 bits per heavy atom. The molecule has 1 aromatic rings. The number of hydrogen-bond acceptors (Lipinski definition) is 3. The van der Waals surface area contributed by atoms with Crippen LogP contribution in [0.25, 0.3) is 0 Å². The molecule has 1 aliphatic rings. The molecular weight excluding hydrogens is 254 g/mol. The van der Waals surface area contributed by atoms with Crippen LogP contribution in [0.3, 0.4) is 0 Å². The number of rotatable bonds is 7. The van der Waals surface area contributed by atoms with Crippen LogP contribution in [0.1, 0.15) is 38.2 Å². The van der Waals surface area contributed by atoms with E-state index in [1.807, 2.05) is 30.3 Å². The van der Waals surface area contributed by atoms with Crippen molar-refractivity contribution in [2.45, 2.75) is 44.8 Å². The fraction of sp³-hybridized carbons (Fsp3) is 0.562. The Bertz CT molecular complexity index is 435. The Kier molecular flexibility index (Phi) is 5.01. The lowest BCUT2D eigenvalue weighted by molar-refractivity contribution is 0.124. The standard InChI is InChI=1S/C16H23NO3/c1-2-3-9-14-10-16(14,12-18)17-15(19)20-11-13-7-5-4-6-8-13/h4-8,14,18H,2-3,9-12H2,1H3,(H,17,19)/t14-,16-/m0/s1. The van der Waals surface area contributed by atoms with Gasteiger partial charge >= 0.3 is 6.09 Å². The summed E-state index contributed by atoms with van der Waals surface area (Å²) in [5.74, 6) is 0.386. The number of alkyl carbamates (subject to hydrolysis) is 1. The molecule has 1 amide bonds. The number of aliphatic hydroxyl groups excluding tert-OH is 1. The van der Waals surface area contributed by atoms with Crippen LogP contribution in [0.5, 0.6) is 0 Å². The summed E-state index contributed by atoms with van der Waals surface area (Å²) in [6, 6.07) is 9.57. The zero-order valence-electron chi connectivity index (χ0n) is 12.0. The van der Waals surface area contributed by atoms with Gasteiger partial charge in [-0.3, -0.25) is 0 Å². The monoisotopic (exact) mass is 277 g/mol. The first-order chi connectivity index (χ1) is 9.70. The van der Waals surface area contributed by atoms with Gasteiger partial charge in [0.15, 0.2) is 0 Å². The highest BCUT2D eigenvalue weighted by atomic mass is 16.5. The number of carbonyl (C=O) groups is 1. The van der Waals surface area contributed by atoms with Gasteiger partial charge < -0.3 is 15.2 Å². The minimum atomic E-state index is -0.443. The summed E-state index contributed by atoms with van der Waals surface area (Å²) in [4.78, 5) is 11.8. The fourth-order valence-electron chi connectivity index (χ4n) is 2.56. The van der Waals surface area contributed by atoms with Crippen LogP contribution in [-0.4, -0.2) is 23.3 Å². The molecule has 1 saturated carbocycles. The molecule has 0 aliphatic heterocycles. The van der Waals surface area contributed by atoms with E-state index in [0.29, 0.717) is 5.92 Å². The maximum Gasteiger partial charge on any atom is 0.407 e. The number of carbonyl (C=O) groups excluding carboxylic acids is 1. The predicted octanol–water partition coefficient (Wildman–Crippen LogP) is 2.85. The summed E-state index contributed by atoms with van der Waals surface area (Å²) in [5, 5.41) is 12.3. The molecule has 2 rings (SSSR count). The highest BCUT2D eigenvalue weighted by molar-refractivity contribution is 5.69. The van der Waals surface area contributed by atoms with Gasteiger partial charge in [0.2, 0.25) is 0 Å². The molecule has 110 valence electrons. The molecular formula is C16H23NO3. The molecule has 0 saturated heterocycles. The third kappa shape index (κ3) is 3.73. The SMILES string of the molecule is CCCC[C@H]1C[C@@]1(CO)NC(=O)OCc1ccccc1. The minimum absolute atomic E-state index is 0.0121. The molecule has 0 radical (unpaired) electrons. The quantitative estimate of drug-likeness (QED) is 0.805. The van der Waals surface area contributed by atoms with E-state index in [1.165, 1.54) is 0 Å². The summed E-state index contributed by atoms with van der Waals surface area (Å²) in [7, 11) is 0. The fourth-order valence-corrected chi connectivity index (χ4v) is 2.56. The number of nitrogens with one attached hydrogen (secondary N) is 1. The van der Waals surface area contributed by atoms with Crippen molar-refractivity contribution < 1.29 is 14.6 Å². The molecule has 1 fully saturated rings. The molecule has 2 atom stereocenters. The van der Waals surface area contributed by atoms with Crippen LogP contribution < -0.4 is 5.32 Å². The van der Waals surface area contributed by atoms with Gasteiger partial charge in [-0.1, -0.05) is 50.1 Å². The highest BCUT2D eigenvalue weighted by Crippen LogP contribution is 2.46. The van der Waals surface area contributed by atoms with Gasteiger partial charge in [0.05, 0.1) is 12.1 Å². The van der Waals surface area contributed by atoms with E-state index in [1.54, 1.807) is 0 Å². The van der Waals surface area contributed by atoms with Crippen LogP contribution in [0.4, 0.5) is 4.79 Å². The Balaban J connectivity index is 1.76. The highest BCUT2D eigenvalue weighted by Gasteiger charge is 2.54. The number of hydrogen-bond donors (Lipinski definition) is 2. The molecule has 4 nitrogen and oxygen atoms in total. The Morgan fingerprint density at radius 1 is 1.45 bits per heavy atom. The van der Waals surface area contributed by atoms with Crippen LogP contribution in [0.2, 0.25) is 0 Å². The summed E-state index contributed by atoms with van der Waals surface area (Å²) < 4.78 is 5.20. The largest absolute Gasteiger partial charge is 0.445 e. The Labute approximate surface area is 120 Å². The Morgan fingerprint density at radius 3 is 2.85 bits per heavy atom. The van der Waals surface area contributed by atoms with Gasteiger partial charge in [0.1, 0.15) is 6.61 Å². The second-order valence-electron chi connectivity index (χ2n) is 5.54. The van der Waals surface area contributed by atoms with Crippen LogP contribution in [0, 0.1) is 5.92 Å². The van der Waals surface area contributed by atoms with Crippen molar-refractivity contribution in [2.75, 3.05) is 6.61 Å². The normalized spacial score (nSPS) is 24.2. The molecule has 0 bridgehead atoms.